The van der Waals surface area contributed by atoms with Crippen LogP contribution in [0, 0.1) is 0 Å². The molecule has 0 unspecified atom stereocenters. The number of para-hydroxylation sites is 1. The number of hydrogen-bond acceptors (Lipinski definition) is 2. The zero-order chi connectivity index (χ0) is 24.6. The van der Waals surface area contributed by atoms with Gasteiger partial charge in [0.2, 0.25) is 5.91 Å². The lowest BCUT2D eigenvalue weighted by molar-refractivity contribution is -0.697. The minimum atomic E-state index is -0.135. The van der Waals surface area contributed by atoms with E-state index in [-0.39, 0.29) is 24.8 Å². The van der Waals surface area contributed by atoms with Gasteiger partial charge in [0.25, 0.3) is 5.91 Å². The summed E-state index contributed by atoms with van der Waals surface area (Å²) in [5, 5.41) is 5.30. The molecule has 0 atom stereocenters. The third-order valence-corrected chi connectivity index (χ3v) is 6.28. The maximum atomic E-state index is 13.6. The van der Waals surface area contributed by atoms with Crippen LogP contribution in [0.15, 0.2) is 95.7 Å². The Labute approximate surface area is 214 Å². The normalized spacial score (nSPS) is 10.8. The molecule has 3 aromatic carbocycles. The van der Waals surface area contributed by atoms with Crippen molar-refractivity contribution in [1.82, 2.24) is 5.32 Å². The van der Waals surface area contributed by atoms with Gasteiger partial charge in [0.15, 0.2) is 12.4 Å². The first kappa shape index (κ1) is 24.6. The molecule has 4 aromatic rings. The molecule has 0 aliphatic heterocycles. The number of nitrogens with zero attached hydrogens (tertiary/aromatic N) is 2. The summed E-state index contributed by atoms with van der Waals surface area (Å²) in [5.41, 5.74) is 2.41. The van der Waals surface area contributed by atoms with Crippen molar-refractivity contribution in [3.63, 3.8) is 0 Å². The van der Waals surface area contributed by atoms with Gasteiger partial charge in [-0.25, -0.2) is 4.57 Å². The molecule has 2 amide bonds. The Hall–Kier alpha value is -3.51. The highest BCUT2D eigenvalue weighted by Crippen LogP contribution is 2.20. The smallest absolute Gasteiger partial charge is 0.264 e. The van der Waals surface area contributed by atoms with Crippen molar-refractivity contribution in [3.05, 3.63) is 107 Å². The van der Waals surface area contributed by atoms with Gasteiger partial charge < -0.3 is 10.2 Å². The summed E-state index contributed by atoms with van der Waals surface area (Å²) >= 11 is 3.52. The molecular weight excluding hydrogens is 502 g/mol. The van der Waals surface area contributed by atoms with E-state index in [2.05, 4.69) is 46.4 Å². The number of aromatic nitrogens is 1. The predicted octanol–water partition coefficient (Wildman–Crippen LogP) is 5.65. The van der Waals surface area contributed by atoms with Crippen LogP contribution >= 0.6 is 15.9 Å². The van der Waals surface area contributed by atoms with Crippen LogP contribution in [-0.4, -0.2) is 18.4 Å². The number of pyridine rings is 1. The molecule has 0 saturated carbocycles. The Morgan fingerprint density at radius 1 is 0.943 bits per heavy atom. The van der Waals surface area contributed by atoms with E-state index in [1.807, 2.05) is 77.6 Å². The molecule has 1 aromatic heterocycles. The van der Waals surface area contributed by atoms with E-state index in [1.165, 1.54) is 0 Å². The molecule has 0 spiro atoms. The Kier molecular flexibility index (Phi) is 8.27. The number of amides is 2. The van der Waals surface area contributed by atoms with Crippen LogP contribution in [0.4, 0.5) is 5.69 Å². The molecule has 0 aliphatic carbocycles. The summed E-state index contributed by atoms with van der Waals surface area (Å²) < 4.78 is 2.86. The molecule has 0 fully saturated rings. The van der Waals surface area contributed by atoms with Crippen molar-refractivity contribution in [1.29, 1.82) is 0 Å². The van der Waals surface area contributed by atoms with Crippen LogP contribution < -0.4 is 14.8 Å². The second-order valence-electron chi connectivity index (χ2n) is 8.44. The molecule has 4 rings (SSSR count). The highest BCUT2D eigenvalue weighted by Gasteiger charge is 2.22. The topological polar surface area (TPSA) is 53.3 Å². The zero-order valence-corrected chi connectivity index (χ0v) is 21.4. The standard InChI is InChI=1S/C29H28BrN3O2/c1-2-16-32-20-24(18-25(30)21-32)29(35)33(26-12-4-3-5-13-26)17-15-28(34)31-19-23-11-8-10-22-9-6-7-14-27(22)23/h3-14,18,20-21H,2,15-17,19H2,1H3/p+1. The molecule has 178 valence electrons. The summed E-state index contributed by atoms with van der Waals surface area (Å²) in [6.45, 7) is 3.65. The number of nitrogens with one attached hydrogen (secondary N) is 1. The maximum absolute atomic E-state index is 13.6. The molecule has 35 heavy (non-hydrogen) atoms. The fourth-order valence-electron chi connectivity index (χ4n) is 4.16. The van der Waals surface area contributed by atoms with Crippen LogP contribution in [0.2, 0.25) is 0 Å². The van der Waals surface area contributed by atoms with E-state index in [0.29, 0.717) is 12.1 Å². The van der Waals surface area contributed by atoms with Crippen LogP contribution in [0.5, 0.6) is 0 Å². The monoisotopic (exact) mass is 530 g/mol. The Morgan fingerprint density at radius 2 is 1.69 bits per heavy atom. The number of carbonyl (C=O) groups excluding carboxylic acids is 2. The Bertz CT molecular complexity index is 1320. The number of halogens is 1. The van der Waals surface area contributed by atoms with E-state index in [4.69, 9.17) is 0 Å². The molecule has 1 heterocycles. The van der Waals surface area contributed by atoms with E-state index >= 15 is 0 Å². The van der Waals surface area contributed by atoms with Crippen LogP contribution in [-0.2, 0) is 17.9 Å². The molecule has 0 bridgehead atoms. The SMILES string of the molecule is CCC[n+]1cc(Br)cc(C(=O)N(CCC(=O)NCc2cccc3ccccc23)c2ccccc2)c1. The van der Waals surface area contributed by atoms with Crippen molar-refractivity contribution >= 4 is 44.2 Å². The fraction of sp³-hybridized carbons (Fsp3) is 0.207. The lowest BCUT2D eigenvalue weighted by atomic mass is 10.0. The predicted molar refractivity (Wildman–Crippen MR) is 143 cm³/mol. The molecule has 0 aliphatic rings. The number of rotatable bonds is 9. The molecule has 1 N–H and O–H groups in total. The number of carbonyl (C=O) groups is 2. The molecule has 6 heteroatoms. The largest absolute Gasteiger partial charge is 0.352 e. The van der Waals surface area contributed by atoms with Crippen molar-refractivity contribution in [3.8, 4) is 0 Å². The first-order chi connectivity index (χ1) is 17.0. The average molecular weight is 531 g/mol. The van der Waals surface area contributed by atoms with Gasteiger partial charge in [0.05, 0.1) is 4.47 Å². The number of benzene rings is 3. The molecule has 0 saturated heterocycles. The van der Waals surface area contributed by atoms with E-state index < -0.39 is 0 Å². The summed E-state index contributed by atoms with van der Waals surface area (Å²) in [5.74, 6) is -0.230. The quantitative estimate of drug-likeness (QED) is 0.284. The van der Waals surface area contributed by atoms with Crippen molar-refractivity contribution < 1.29 is 14.2 Å². The lowest BCUT2D eigenvalue weighted by Crippen LogP contribution is -2.38. The van der Waals surface area contributed by atoms with E-state index in [9.17, 15) is 9.59 Å². The first-order valence-electron chi connectivity index (χ1n) is 11.8. The van der Waals surface area contributed by atoms with Crippen LogP contribution in [0.3, 0.4) is 0 Å². The summed E-state index contributed by atoms with van der Waals surface area (Å²) in [6.07, 6.45) is 5.00. The van der Waals surface area contributed by atoms with Gasteiger partial charge in [0, 0.05) is 31.6 Å². The van der Waals surface area contributed by atoms with Gasteiger partial charge in [-0.1, -0.05) is 67.6 Å². The zero-order valence-electron chi connectivity index (χ0n) is 19.8. The highest BCUT2D eigenvalue weighted by molar-refractivity contribution is 9.10. The second-order valence-corrected chi connectivity index (χ2v) is 9.35. The van der Waals surface area contributed by atoms with Gasteiger partial charge in [-0.2, -0.15) is 0 Å². The average Bonchev–Trinajstić information content (AvgIpc) is 2.88. The van der Waals surface area contributed by atoms with Gasteiger partial charge in [-0.15, -0.1) is 0 Å². The van der Waals surface area contributed by atoms with Crippen molar-refractivity contribution in [2.24, 2.45) is 0 Å². The van der Waals surface area contributed by atoms with Crippen LogP contribution in [0.1, 0.15) is 35.7 Å². The third kappa shape index (κ3) is 6.34. The van der Waals surface area contributed by atoms with E-state index in [0.717, 1.165) is 39.5 Å². The van der Waals surface area contributed by atoms with Crippen LogP contribution in [0.25, 0.3) is 10.8 Å². The lowest BCUT2D eigenvalue weighted by Gasteiger charge is -2.22. The third-order valence-electron chi connectivity index (χ3n) is 5.85. The summed E-state index contributed by atoms with van der Waals surface area (Å²) in [7, 11) is 0. The molecule has 0 radical (unpaired) electrons. The maximum Gasteiger partial charge on any atom is 0.264 e. The van der Waals surface area contributed by atoms with Gasteiger partial charge >= 0.3 is 0 Å². The van der Waals surface area contributed by atoms with Crippen molar-refractivity contribution in [2.75, 3.05) is 11.4 Å². The number of hydrogen-bond donors (Lipinski definition) is 1. The number of aryl methyl sites for hydroxylation is 1. The Morgan fingerprint density at radius 3 is 2.49 bits per heavy atom. The Balaban J connectivity index is 1.47. The number of anilines is 1. The second kappa shape index (κ2) is 11.8. The molecule has 5 nitrogen and oxygen atoms in total. The van der Waals surface area contributed by atoms with Gasteiger partial charge in [0.1, 0.15) is 12.1 Å². The minimum Gasteiger partial charge on any atom is -0.352 e. The van der Waals surface area contributed by atoms with Gasteiger partial charge in [-0.05, 0) is 50.5 Å². The highest BCUT2D eigenvalue weighted by atomic mass is 79.9. The molecular formula is C29H29BrN3O2+. The summed E-state index contributed by atoms with van der Waals surface area (Å²) in [4.78, 5) is 28.0. The van der Waals surface area contributed by atoms with E-state index in [1.54, 1.807) is 4.90 Å². The number of fused-ring (bicyclic) bond motifs is 1. The van der Waals surface area contributed by atoms with Gasteiger partial charge in [-0.3, -0.25) is 9.59 Å². The minimum absolute atomic E-state index is 0.0954. The first-order valence-corrected chi connectivity index (χ1v) is 12.6. The fourth-order valence-corrected chi connectivity index (χ4v) is 4.67. The summed E-state index contributed by atoms with van der Waals surface area (Å²) in [6, 6.07) is 25.6. The van der Waals surface area contributed by atoms with Crippen molar-refractivity contribution in [2.45, 2.75) is 32.9 Å².